The van der Waals surface area contributed by atoms with Crippen LogP contribution in [0.25, 0.3) is 0 Å². The van der Waals surface area contributed by atoms with E-state index in [2.05, 4.69) is 20.9 Å². The van der Waals surface area contributed by atoms with Gasteiger partial charge >= 0.3 is 0 Å². The van der Waals surface area contributed by atoms with Crippen molar-refractivity contribution >= 4 is 37.6 Å². The summed E-state index contributed by atoms with van der Waals surface area (Å²) >= 11 is 9.00. The van der Waals surface area contributed by atoms with Crippen molar-refractivity contribution in [3.05, 3.63) is 22.9 Å². The lowest BCUT2D eigenvalue weighted by molar-refractivity contribution is 0.0404. The van der Waals surface area contributed by atoms with Gasteiger partial charge < -0.3 is 4.74 Å². The Hall–Kier alpha value is -0.210. The minimum absolute atomic E-state index is 0.161. The van der Waals surface area contributed by atoms with Crippen LogP contribution in [0, 0.1) is 0 Å². The summed E-state index contributed by atoms with van der Waals surface area (Å²) < 4.78 is 32.2. The number of aromatic nitrogens is 1. The molecule has 5 nitrogen and oxygen atoms in total. The van der Waals surface area contributed by atoms with Gasteiger partial charge in [0, 0.05) is 29.3 Å². The summed E-state index contributed by atoms with van der Waals surface area (Å²) in [6.07, 6.45) is 2.87. The predicted octanol–water partition coefficient (Wildman–Crippen LogP) is 1.47. The van der Waals surface area contributed by atoms with E-state index < -0.39 is 10.0 Å². The molecule has 2 rings (SSSR count). The van der Waals surface area contributed by atoms with Crippen molar-refractivity contribution in [3.8, 4) is 0 Å². The van der Waals surface area contributed by atoms with Crippen LogP contribution < -0.4 is 0 Å². The molecule has 1 aliphatic heterocycles. The zero-order valence-corrected chi connectivity index (χ0v) is 12.6. The van der Waals surface area contributed by atoms with Crippen LogP contribution in [0.5, 0.6) is 0 Å². The molecule has 100 valence electrons. The number of pyridine rings is 1. The first-order chi connectivity index (χ1) is 8.55. The number of hydrogen-bond donors (Lipinski definition) is 0. The molecule has 0 aromatic carbocycles. The van der Waals surface area contributed by atoms with E-state index in [0.29, 0.717) is 24.2 Å². The first-order valence-corrected chi connectivity index (χ1v) is 8.08. The molecule has 0 radical (unpaired) electrons. The average molecular weight is 356 g/mol. The Bertz CT molecular complexity index is 526. The average Bonchev–Trinajstić information content (AvgIpc) is 2.38. The maximum absolute atomic E-state index is 12.5. The largest absolute Gasteiger partial charge is 0.378 e. The van der Waals surface area contributed by atoms with E-state index in [4.69, 9.17) is 16.3 Å². The first-order valence-electron chi connectivity index (χ1n) is 5.32. The Labute approximate surface area is 119 Å². The third-order valence-electron chi connectivity index (χ3n) is 2.64. The van der Waals surface area contributed by atoms with Crippen molar-refractivity contribution in [3.63, 3.8) is 0 Å². The molecule has 1 atom stereocenters. The van der Waals surface area contributed by atoms with Crippen LogP contribution in [0.2, 0.25) is 0 Å². The number of morpholine rings is 1. The fraction of sp³-hybridized carbons (Fsp3) is 0.500. The van der Waals surface area contributed by atoms with E-state index in [1.165, 1.54) is 22.8 Å². The third-order valence-corrected chi connectivity index (χ3v) is 5.35. The number of rotatable bonds is 3. The van der Waals surface area contributed by atoms with E-state index in [0.717, 1.165) is 0 Å². The molecule has 1 aromatic rings. The van der Waals surface area contributed by atoms with E-state index in [9.17, 15) is 8.42 Å². The molecule has 1 aliphatic rings. The van der Waals surface area contributed by atoms with Crippen LogP contribution in [-0.2, 0) is 14.8 Å². The standard InChI is InChI=1S/C10H12BrClN2O3S/c11-8-3-10(6-13-5-8)18(15,16)14-1-2-17-7-9(14)4-12/h3,5-6,9H,1-2,4,7H2. The molecule has 0 amide bonds. The Morgan fingerprint density at radius 1 is 1.56 bits per heavy atom. The molecular formula is C10H12BrClN2O3S. The smallest absolute Gasteiger partial charge is 0.245 e. The lowest BCUT2D eigenvalue weighted by atomic mass is 10.3. The summed E-state index contributed by atoms with van der Waals surface area (Å²) in [5.74, 6) is 0.209. The Morgan fingerprint density at radius 2 is 2.33 bits per heavy atom. The molecule has 1 unspecified atom stereocenters. The first kappa shape index (κ1) is 14.2. The second-order valence-corrected chi connectivity index (χ2v) is 6.95. The Balaban J connectivity index is 2.35. The quantitative estimate of drug-likeness (QED) is 0.771. The van der Waals surface area contributed by atoms with Gasteiger partial charge in [0.15, 0.2) is 0 Å². The SMILES string of the molecule is O=S(=O)(c1cncc(Br)c1)N1CCOCC1CCl. The van der Waals surface area contributed by atoms with Gasteiger partial charge in [0.25, 0.3) is 0 Å². The van der Waals surface area contributed by atoms with Gasteiger partial charge in [-0.05, 0) is 22.0 Å². The normalized spacial score (nSPS) is 22.0. The number of nitrogens with zero attached hydrogens (tertiary/aromatic N) is 2. The topological polar surface area (TPSA) is 59.5 Å². The van der Waals surface area contributed by atoms with Crippen LogP contribution in [0.15, 0.2) is 27.8 Å². The number of hydrogen-bond acceptors (Lipinski definition) is 4. The van der Waals surface area contributed by atoms with Crippen molar-refractivity contribution in [2.24, 2.45) is 0 Å². The van der Waals surface area contributed by atoms with Crippen LogP contribution in [0.1, 0.15) is 0 Å². The van der Waals surface area contributed by atoms with Crippen molar-refractivity contribution < 1.29 is 13.2 Å². The zero-order valence-electron chi connectivity index (χ0n) is 9.42. The fourth-order valence-corrected chi connectivity index (χ4v) is 4.18. The molecule has 1 aromatic heterocycles. The van der Waals surface area contributed by atoms with Gasteiger partial charge in [-0.25, -0.2) is 8.42 Å². The molecule has 2 heterocycles. The van der Waals surface area contributed by atoms with E-state index in [1.54, 1.807) is 0 Å². The highest BCUT2D eigenvalue weighted by Gasteiger charge is 2.33. The number of halogens is 2. The molecular weight excluding hydrogens is 344 g/mol. The van der Waals surface area contributed by atoms with Crippen LogP contribution in [0.4, 0.5) is 0 Å². The monoisotopic (exact) mass is 354 g/mol. The summed E-state index contributed by atoms with van der Waals surface area (Å²) in [5.41, 5.74) is 0. The Morgan fingerprint density at radius 3 is 3.00 bits per heavy atom. The van der Waals surface area contributed by atoms with Crippen molar-refractivity contribution in [2.45, 2.75) is 10.9 Å². The maximum atomic E-state index is 12.5. The number of sulfonamides is 1. The molecule has 0 N–H and O–H groups in total. The highest BCUT2D eigenvalue weighted by molar-refractivity contribution is 9.10. The summed E-state index contributed by atoms with van der Waals surface area (Å²) in [6.45, 7) is 1.02. The zero-order chi connectivity index (χ0) is 13.2. The minimum Gasteiger partial charge on any atom is -0.378 e. The number of alkyl halides is 1. The van der Waals surface area contributed by atoms with Gasteiger partial charge in [0.2, 0.25) is 10.0 Å². The van der Waals surface area contributed by atoms with E-state index in [1.807, 2.05) is 0 Å². The molecule has 0 bridgehead atoms. The highest BCUT2D eigenvalue weighted by atomic mass is 79.9. The third kappa shape index (κ3) is 2.85. The molecule has 8 heteroatoms. The lowest BCUT2D eigenvalue weighted by Gasteiger charge is -2.33. The van der Waals surface area contributed by atoms with Crippen molar-refractivity contribution in [1.82, 2.24) is 9.29 Å². The van der Waals surface area contributed by atoms with Crippen molar-refractivity contribution in [2.75, 3.05) is 25.6 Å². The Kier molecular flexibility index (Phi) is 4.60. The molecule has 0 spiro atoms. The molecule has 1 fully saturated rings. The van der Waals surface area contributed by atoms with Gasteiger partial charge in [-0.1, -0.05) is 0 Å². The summed E-state index contributed by atoms with van der Waals surface area (Å²) in [6, 6.07) is 1.20. The molecule has 0 saturated carbocycles. The van der Waals surface area contributed by atoms with Gasteiger partial charge in [0.1, 0.15) is 4.90 Å². The summed E-state index contributed by atoms with van der Waals surface area (Å²) in [7, 11) is -3.57. The molecule has 18 heavy (non-hydrogen) atoms. The van der Waals surface area contributed by atoms with Crippen LogP contribution >= 0.6 is 27.5 Å². The minimum atomic E-state index is -3.57. The van der Waals surface area contributed by atoms with Gasteiger partial charge in [0.05, 0.1) is 19.3 Å². The maximum Gasteiger partial charge on any atom is 0.245 e. The van der Waals surface area contributed by atoms with Crippen LogP contribution in [0.3, 0.4) is 0 Å². The molecule has 1 saturated heterocycles. The predicted molar refractivity (Wildman–Crippen MR) is 71.2 cm³/mol. The fourth-order valence-electron chi connectivity index (χ4n) is 1.75. The highest BCUT2D eigenvalue weighted by Crippen LogP contribution is 2.22. The van der Waals surface area contributed by atoms with Gasteiger partial charge in [-0.2, -0.15) is 4.31 Å². The van der Waals surface area contributed by atoms with Crippen LogP contribution in [-0.4, -0.2) is 49.4 Å². The molecule has 0 aliphatic carbocycles. The van der Waals surface area contributed by atoms with Crippen molar-refractivity contribution in [1.29, 1.82) is 0 Å². The second kappa shape index (κ2) is 5.83. The lowest BCUT2D eigenvalue weighted by Crippen LogP contribution is -2.49. The summed E-state index contributed by atoms with van der Waals surface area (Å²) in [4.78, 5) is 4.04. The summed E-state index contributed by atoms with van der Waals surface area (Å²) in [5, 5.41) is 0. The second-order valence-electron chi connectivity index (χ2n) is 3.84. The van der Waals surface area contributed by atoms with Gasteiger partial charge in [-0.3, -0.25) is 4.98 Å². The van der Waals surface area contributed by atoms with Gasteiger partial charge in [-0.15, -0.1) is 11.6 Å². The van der Waals surface area contributed by atoms with E-state index in [-0.39, 0.29) is 16.8 Å². The number of ether oxygens (including phenoxy) is 1. The van der Waals surface area contributed by atoms with E-state index >= 15 is 0 Å².